The van der Waals surface area contributed by atoms with E-state index in [0.29, 0.717) is 49.8 Å². The van der Waals surface area contributed by atoms with Gasteiger partial charge in [0.15, 0.2) is 18.2 Å². The van der Waals surface area contributed by atoms with Gasteiger partial charge in [-0.15, -0.1) is 0 Å². The molecule has 4 heterocycles. The fraction of sp³-hybridized carbons (Fsp3) is 0.692. The van der Waals surface area contributed by atoms with Crippen LogP contribution in [0.3, 0.4) is 0 Å². The molecular formula is C26H36N4O7S. The van der Waals surface area contributed by atoms with E-state index >= 15 is 0 Å². The number of carbonyl (C=O) groups excluding carboxylic acids is 3. The summed E-state index contributed by atoms with van der Waals surface area (Å²) in [5.41, 5.74) is 0. The van der Waals surface area contributed by atoms with E-state index in [1.807, 2.05) is 0 Å². The highest BCUT2D eigenvalue weighted by atomic mass is 32.2. The molecule has 4 fully saturated rings. The monoisotopic (exact) mass is 548 g/mol. The van der Waals surface area contributed by atoms with Crippen LogP contribution in [0.25, 0.3) is 0 Å². The van der Waals surface area contributed by atoms with E-state index in [0.717, 1.165) is 36.2 Å². The molecule has 38 heavy (non-hydrogen) atoms. The molecule has 1 saturated carbocycles. The fourth-order valence-electron chi connectivity index (χ4n) is 6.55. The van der Waals surface area contributed by atoms with Crippen molar-refractivity contribution in [3.63, 3.8) is 0 Å². The zero-order valence-electron chi connectivity index (χ0n) is 21.6. The topological polar surface area (TPSA) is 131 Å². The number of sulfonamides is 1. The number of hydrogen-bond acceptors (Lipinski definition) is 7. The van der Waals surface area contributed by atoms with Crippen LogP contribution in [0.4, 0.5) is 0 Å². The number of amides is 2. The molecule has 3 atom stereocenters. The summed E-state index contributed by atoms with van der Waals surface area (Å²) in [5, 5.41) is 11.7. The Kier molecular flexibility index (Phi) is 8.01. The number of morpholine rings is 1. The van der Waals surface area contributed by atoms with Gasteiger partial charge in [-0.25, -0.2) is 8.42 Å². The maximum absolute atomic E-state index is 14.0. The van der Waals surface area contributed by atoms with Crippen molar-refractivity contribution in [3.05, 3.63) is 29.7 Å². The van der Waals surface area contributed by atoms with Gasteiger partial charge in [0.2, 0.25) is 21.8 Å². The van der Waals surface area contributed by atoms with E-state index in [2.05, 4.69) is 0 Å². The first-order valence-electron chi connectivity index (χ1n) is 13.6. The predicted octanol–water partition coefficient (Wildman–Crippen LogP) is 0.698. The van der Waals surface area contributed by atoms with Gasteiger partial charge in [0, 0.05) is 38.0 Å². The highest BCUT2D eigenvalue weighted by Gasteiger charge is 2.54. The molecule has 208 valence electrons. The number of pyridine rings is 1. The summed E-state index contributed by atoms with van der Waals surface area (Å²) in [4.78, 5) is 43.4. The predicted molar refractivity (Wildman–Crippen MR) is 135 cm³/mol. The molecule has 2 amide bonds. The van der Waals surface area contributed by atoms with Gasteiger partial charge in [-0.05, 0) is 24.8 Å². The molecule has 3 saturated heterocycles. The molecule has 1 aliphatic carbocycles. The van der Waals surface area contributed by atoms with Crippen LogP contribution in [-0.2, 0) is 29.1 Å². The third-order valence-corrected chi connectivity index (χ3v) is 10.3. The minimum absolute atomic E-state index is 0.0739. The zero-order chi connectivity index (χ0) is 26.9. The Labute approximate surface area is 223 Å². The molecule has 0 bridgehead atoms. The summed E-state index contributed by atoms with van der Waals surface area (Å²) in [5.74, 6) is -0.809. The van der Waals surface area contributed by atoms with E-state index < -0.39 is 28.0 Å². The number of likely N-dealkylation sites (tertiary alicyclic amines) is 1. The number of Topliss-reactive ketones (excluding diaryl/α,β-unsaturated/α-hetero) is 1. The van der Waals surface area contributed by atoms with E-state index in [9.17, 15) is 28.0 Å². The minimum Gasteiger partial charge on any atom is -0.619 e. The van der Waals surface area contributed by atoms with E-state index in [-0.39, 0.29) is 42.0 Å². The lowest BCUT2D eigenvalue weighted by Gasteiger charge is -2.33. The summed E-state index contributed by atoms with van der Waals surface area (Å²) in [6, 6.07) is 1.13. The van der Waals surface area contributed by atoms with Gasteiger partial charge in [0.05, 0.1) is 25.8 Å². The Morgan fingerprint density at radius 1 is 1.11 bits per heavy atom. The highest BCUT2D eigenvalue weighted by Crippen LogP contribution is 2.37. The Morgan fingerprint density at radius 3 is 2.55 bits per heavy atom. The minimum atomic E-state index is -4.09. The van der Waals surface area contributed by atoms with Crippen LogP contribution >= 0.6 is 0 Å². The van der Waals surface area contributed by atoms with Gasteiger partial charge in [-0.1, -0.05) is 32.1 Å². The van der Waals surface area contributed by atoms with E-state index in [1.54, 1.807) is 4.90 Å². The van der Waals surface area contributed by atoms with Gasteiger partial charge in [0.1, 0.15) is 10.9 Å². The second kappa shape index (κ2) is 11.3. The van der Waals surface area contributed by atoms with Gasteiger partial charge in [-0.2, -0.15) is 9.04 Å². The summed E-state index contributed by atoms with van der Waals surface area (Å²) in [7, 11) is -4.09. The van der Waals surface area contributed by atoms with Gasteiger partial charge in [-0.3, -0.25) is 14.4 Å². The van der Waals surface area contributed by atoms with Crippen molar-refractivity contribution in [2.45, 2.75) is 68.3 Å². The SMILES string of the molecule is O=C1CN(S(=O)(=O)c2ccc[n+]([O-])c2)C2CCN(C(=O)C(CC(=O)N3CCOCC3)CC3CCCCC3)C12. The maximum Gasteiger partial charge on any atom is 0.249 e. The third-order valence-electron chi connectivity index (χ3n) is 8.49. The number of fused-ring (bicyclic) bond motifs is 1. The highest BCUT2D eigenvalue weighted by molar-refractivity contribution is 7.89. The molecule has 4 aliphatic rings. The summed E-state index contributed by atoms with van der Waals surface area (Å²) in [6.07, 6.45) is 8.67. The lowest BCUT2D eigenvalue weighted by molar-refractivity contribution is -0.607. The summed E-state index contributed by atoms with van der Waals surface area (Å²) in [6.45, 7) is 1.90. The largest absolute Gasteiger partial charge is 0.619 e. The normalized spacial score (nSPS) is 25.9. The van der Waals surface area contributed by atoms with Crippen molar-refractivity contribution in [2.75, 3.05) is 39.4 Å². The Morgan fingerprint density at radius 2 is 1.84 bits per heavy atom. The molecule has 11 nitrogen and oxygen atoms in total. The number of aromatic nitrogens is 1. The van der Waals surface area contributed by atoms with E-state index in [4.69, 9.17) is 4.74 Å². The van der Waals surface area contributed by atoms with Crippen molar-refractivity contribution < 1.29 is 32.3 Å². The van der Waals surface area contributed by atoms with Crippen LogP contribution in [0.5, 0.6) is 0 Å². The lowest BCUT2D eigenvalue weighted by Crippen LogP contribution is -2.48. The maximum atomic E-state index is 14.0. The van der Waals surface area contributed by atoms with Crippen LogP contribution < -0.4 is 4.73 Å². The zero-order valence-corrected chi connectivity index (χ0v) is 22.4. The van der Waals surface area contributed by atoms with Crippen LogP contribution in [-0.4, -0.2) is 91.6 Å². The number of ketones is 1. The third kappa shape index (κ3) is 5.43. The average Bonchev–Trinajstić information content (AvgIpc) is 3.50. The van der Waals surface area contributed by atoms with Crippen LogP contribution in [0.1, 0.15) is 51.4 Å². The molecule has 0 aromatic carbocycles. The van der Waals surface area contributed by atoms with Gasteiger partial charge < -0.3 is 19.7 Å². The van der Waals surface area contributed by atoms with Gasteiger partial charge in [0.25, 0.3) is 0 Å². The van der Waals surface area contributed by atoms with E-state index in [1.165, 1.54) is 29.7 Å². The number of rotatable bonds is 7. The first-order valence-corrected chi connectivity index (χ1v) is 15.1. The number of nitrogens with zero attached hydrogens (tertiary/aromatic N) is 4. The van der Waals surface area contributed by atoms with Crippen LogP contribution in [0.2, 0.25) is 0 Å². The standard InChI is InChI=1S/C26H36N4O7S/c31-23-18-30(38(35,36)21-7-4-9-28(34)17-21)22-8-10-29(25(22)23)26(33)20(15-19-5-2-1-3-6-19)16-24(32)27-11-13-37-14-12-27/h4,7,9,17,19-20,22,25H,1-3,5-6,8,10-16,18H2. The van der Waals surface area contributed by atoms with Gasteiger partial charge >= 0.3 is 0 Å². The average molecular weight is 549 g/mol. The molecule has 1 aromatic heterocycles. The first-order chi connectivity index (χ1) is 18.3. The van der Waals surface area contributed by atoms with Crippen molar-refractivity contribution in [2.24, 2.45) is 11.8 Å². The Bertz CT molecular complexity index is 1160. The number of hydrogen-bond donors (Lipinski definition) is 0. The van der Waals surface area contributed by atoms with Crippen LogP contribution in [0, 0.1) is 17.0 Å². The molecular weight excluding hydrogens is 512 g/mol. The molecule has 0 spiro atoms. The summed E-state index contributed by atoms with van der Waals surface area (Å²) >= 11 is 0. The summed E-state index contributed by atoms with van der Waals surface area (Å²) < 4.78 is 33.6. The fourth-order valence-corrected chi connectivity index (χ4v) is 8.18. The number of ether oxygens (including phenoxy) is 1. The molecule has 3 aliphatic heterocycles. The Hall–Kier alpha value is -2.57. The van der Waals surface area contributed by atoms with Crippen molar-refractivity contribution in [1.82, 2.24) is 14.1 Å². The molecule has 1 aromatic rings. The molecule has 12 heteroatoms. The molecule has 0 N–H and O–H groups in total. The first kappa shape index (κ1) is 27.0. The van der Waals surface area contributed by atoms with Crippen molar-refractivity contribution in [3.8, 4) is 0 Å². The number of carbonyl (C=O) groups is 3. The smallest absolute Gasteiger partial charge is 0.249 e. The molecule has 0 radical (unpaired) electrons. The quantitative estimate of drug-likeness (QED) is 0.362. The second-order valence-electron chi connectivity index (χ2n) is 10.9. The van der Waals surface area contributed by atoms with Crippen LogP contribution in [0.15, 0.2) is 29.4 Å². The Balaban J connectivity index is 1.34. The second-order valence-corrected chi connectivity index (χ2v) is 12.8. The van der Waals surface area contributed by atoms with Crippen molar-refractivity contribution in [1.29, 1.82) is 0 Å². The molecule has 3 unspecified atom stereocenters. The lowest BCUT2D eigenvalue weighted by atomic mass is 9.81. The molecule has 5 rings (SSSR count). The van der Waals surface area contributed by atoms with Crippen molar-refractivity contribution >= 4 is 27.6 Å².